The van der Waals surface area contributed by atoms with E-state index in [-0.39, 0.29) is 24.8 Å². The molecule has 0 spiro atoms. The Morgan fingerprint density at radius 1 is 1.13 bits per heavy atom. The van der Waals surface area contributed by atoms with Gasteiger partial charge in [0, 0.05) is 0 Å². The number of hydrogen-bond acceptors (Lipinski definition) is 5. The van der Waals surface area contributed by atoms with Crippen molar-refractivity contribution in [1.29, 1.82) is 0 Å². The fourth-order valence-electron chi connectivity index (χ4n) is 3.07. The highest BCUT2D eigenvalue weighted by Crippen LogP contribution is 2.38. The van der Waals surface area contributed by atoms with Crippen LogP contribution in [-0.2, 0) is 28.3 Å². The van der Waals surface area contributed by atoms with E-state index >= 15 is 0 Å². The molecule has 7 nitrogen and oxygen atoms in total. The molecule has 1 heterocycles. The van der Waals surface area contributed by atoms with Crippen LogP contribution in [0.3, 0.4) is 0 Å². The Labute approximate surface area is 189 Å². The molecule has 1 aromatic carbocycles. The van der Waals surface area contributed by atoms with E-state index in [1.165, 1.54) is 44.1 Å². The van der Waals surface area contributed by atoms with Crippen molar-refractivity contribution in [3.63, 3.8) is 0 Å². The molecule has 6 N–H and O–H groups in total. The molecule has 0 amide bonds. The van der Waals surface area contributed by atoms with Gasteiger partial charge in [0.05, 0.1) is 25.1 Å². The van der Waals surface area contributed by atoms with Crippen LogP contribution in [0, 0.1) is 0 Å². The van der Waals surface area contributed by atoms with E-state index in [9.17, 15) is 14.9 Å². The molecule has 0 saturated carbocycles. The molecule has 170 valence electrons. The number of aliphatic hydroxyl groups excluding tert-OH is 1. The van der Waals surface area contributed by atoms with Crippen LogP contribution in [0.4, 0.5) is 0 Å². The first-order valence-electron chi connectivity index (χ1n) is 10.0. The molecule has 0 radical (unpaired) electrons. The van der Waals surface area contributed by atoms with Gasteiger partial charge in [0.15, 0.2) is 0 Å². The molecule has 2 rings (SSSR count). The van der Waals surface area contributed by atoms with Crippen molar-refractivity contribution in [3.05, 3.63) is 41.9 Å². The topological polar surface area (TPSA) is 125 Å². The number of H-pyrrole nitrogens is 1. The second kappa shape index (κ2) is 12.9. The van der Waals surface area contributed by atoms with Crippen LogP contribution < -0.4 is 5.73 Å². The fraction of sp³-hybridized carbons (Fsp3) is 0.550. The van der Waals surface area contributed by atoms with Crippen LogP contribution in [0.2, 0.25) is 0 Å². The maximum atomic E-state index is 9.65. The van der Waals surface area contributed by atoms with Gasteiger partial charge in [-0.1, -0.05) is 63.3 Å². The Morgan fingerprint density at radius 3 is 2.37 bits per heavy atom. The average molecular weight is 478 g/mol. The Kier molecular flexibility index (Phi) is 11.7. The number of imidazole rings is 1. The van der Waals surface area contributed by atoms with Gasteiger partial charge in [-0.05, 0) is 35.8 Å². The molecule has 10 heteroatoms. The van der Waals surface area contributed by atoms with Crippen LogP contribution in [0.1, 0.15) is 56.8 Å². The van der Waals surface area contributed by atoms with E-state index in [2.05, 4.69) is 40.8 Å². The maximum Gasteiger partial charge on any atom is 0.321 e. The monoisotopic (exact) mass is 477 g/mol. The number of benzene rings is 1. The largest absolute Gasteiger partial charge is 0.394 e. The predicted molar refractivity (Wildman–Crippen MR) is 126 cm³/mol. The molecule has 0 aliphatic heterocycles. The van der Waals surface area contributed by atoms with Gasteiger partial charge >= 0.3 is 6.72 Å². The zero-order valence-electron chi connectivity index (χ0n) is 17.3. The van der Waals surface area contributed by atoms with Crippen LogP contribution in [-0.4, -0.2) is 38.1 Å². The number of rotatable bonds is 13. The van der Waals surface area contributed by atoms with Gasteiger partial charge in [0.25, 0.3) is 0 Å². The van der Waals surface area contributed by atoms with Crippen molar-refractivity contribution >= 4 is 30.9 Å². The lowest BCUT2D eigenvalue weighted by Crippen LogP contribution is -2.45. The van der Waals surface area contributed by atoms with Gasteiger partial charge in [-0.2, -0.15) is 0 Å². The minimum Gasteiger partial charge on any atom is -0.394 e. The SMILES string of the molecule is CCCCCCCCc1ccc(-c2cnc(C(N)(CO)COP(O)(O)=S)[nH]2)cc1.Cl. The molecule has 0 aliphatic carbocycles. The first kappa shape index (κ1) is 27.2. The molecule has 0 aliphatic rings. The van der Waals surface area contributed by atoms with Gasteiger partial charge in [-0.25, -0.2) is 4.98 Å². The van der Waals surface area contributed by atoms with Crippen molar-refractivity contribution in [2.24, 2.45) is 5.73 Å². The zero-order chi connectivity index (χ0) is 21.3. The summed E-state index contributed by atoms with van der Waals surface area (Å²) in [4.78, 5) is 25.8. The van der Waals surface area contributed by atoms with Crippen molar-refractivity contribution in [3.8, 4) is 11.3 Å². The van der Waals surface area contributed by atoms with Crippen LogP contribution >= 0.6 is 19.1 Å². The Hall–Kier alpha value is -0.830. The van der Waals surface area contributed by atoms with E-state index in [4.69, 9.17) is 10.3 Å². The average Bonchev–Trinajstić information content (AvgIpc) is 3.20. The number of unbranched alkanes of at least 4 members (excludes halogenated alkanes) is 5. The summed E-state index contributed by atoms with van der Waals surface area (Å²) in [5, 5.41) is 9.65. The molecule has 0 bridgehead atoms. The lowest BCUT2D eigenvalue weighted by Gasteiger charge is -2.25. The smallest absolute Gasteiger partial charge is 0.321 e. The van der Waals surface area contributed by atoms with Gasteiger partial charge in [-0.15, -0.1) is 12.4 Å². The summed E-state index contributed by atoms with van der Waals surface area (Å²) in [6, 6.07) is 8.28. The highest BCUT2D eigenvalue weighted by atomic mass is 35.5. The number of nitrogens with zero attached hydrogens (tertiary/aromatic N) is 1. The van der Waals surface area contributed by atoms with Crippen molar-refractivity contribution in [2.75, 3.05) is 13.2 Å². The summed E-state index contributed by atoms with van der Waals surface area (Å²) in [7, 11) is 0. The minimum absolute atomic E-state index is 0. The van der Waals surface area contributed by atoms with Crippen molar-refractivity contribution in [1.82, 2.24) is 9.97 Å². The van der Waals surface area contributed by atoms with Gasteiger partial charge in [0.2, 0.25) is 0 Å². The summed E-state index contributed by atoms with van der Waals surface area (Å²) < 4.78 is 4.83. The van der Waals surface area contributed by atoms with Gasteiger partial charge in [-0.3, -0.25) is 0 Å². The Balaban J connectivity index is 0.00000450. The van der Waals surface area contributed by atoms with Crippen molar-refractivity contribution in [2.45, 2.75) is 57.4 Å². The second-order valence-electron chi connectivity index (χ2n) is 7.44. The summed E-state index contributed by atoms with van der Waals surface area (Å²) in [6.07, 6.45) is 10.4. The minimum atomic E-state index is -3.87. The third-order valence-corrected chi connectivity index (χ3v) is 5.69. The summed E-state index contributed by atoms with van der Waals surface area (Å²) in [5.41, 5.74) is 7.71. The number of aromatic nitrogens is 2. The second-order valence-corrected chi connectivity index (χ2v) is 10.1. The standard InChI is InChI=1S/C20H32N3O4PS.ClH/c1-2-3-4-5-6-7-8-16-9-11-17(12-10-16)18-13-22-19(23-18)20(21,14-24)15-27-28(25,26)29;/h9-13,24H,2-8,14-15,21H2,1H3,(H,22,23)(H2,25,26,29);1H. The fourth-order valence-corrected chi connectivity index (χ4v) is 3.63. The molecule has 0 fully saturated rings. The number of aryl methyl sites for hydroxylation is 1. The number of aliphatic hydroxyl groups is 1. The first-order chi connectivity index (χ1) is 13.8. The molecule has 1 aromatic heterocycles. The number of halogens is 1. The Bertz CT molecular complexity index is 800. The molecule has 30 heavy (non-hydrogen) atoms. The maximum absolute atomic E-state index is 9.65. The zero-order valence-corrected chi connectivity index (χ0v) is 19.8. The van der Waals surface area contributed by atoms with Gasteiger partial charge in [0.1, 0.15) is 11.4 Å². The normalized spacial score (nSPS) is 13.6. The molecular formula is C20H33ClN3O4PS. The van der Waals surface area contributed by atoms with Gasteiger partial charge < -0.3 is 30.1 Å². The van der Waals surface area contributed by atoms with E-state index in [1.54, 1.807) is 6.20 Å². The predicted octanol–water partition coefficient (Wildman–Crippen LogP) is 3.77. The number of hydrogen-bond donors (Lipinski definition) is 5. The highest BCUT2D eigenvalue weighted by molar-refractivity contribution is 8.06. The molecule has 0 saturated heterocycles. The van der Waals surface area contributed by atoms with E-state index in [0.29, 0.717) is 0 Å². The lowest BCUT2D eigenvalue weighted by atomic mass is 10.0. The number of nitrogens with one attached hydrogen (secondary N) is 1. The number of aromatic amines is 1. The summed E-state index contributed by atoms with van der Waals surface area (Å²) in [5.74, 6) is 0.287. The van der Waals surface area contributed by atoms with Crippen LogP contribution in [0.25, 0.3) is 11.3 Å². The van der Waals surface area contributed by atoms with E-state index < -0.39 is 18.9 Å². The van der Waals surface area contributed by atoms with Crippen LogP contribution in [0.5, 0.6) is 0 Å². The van der Waals surface area contributed by atoms with Crippen LogP contribution in [0.15, 0.2) is 30.5 Å². The molecule has 1 atom stereocenters. The molecule has 1 unspecified atom stereocenters. The Morgan fingerprint density at radius 2 is 1.77 bits per heavy atom. The van der Waals surface area contributed by atoms with Crippen molar-refractivity contribution < 1.29 is 19.4 Å². The first-order valence-corrected chi connectivity index (χ1v) is 12.6. The third-order valence-electron chi connectivity index (χ3n) is 4.90. The highest BCUT2D eigenvalue weighted by Gasteiger charge is 2.32. The third kappa shape index (κ3) is 8.73. The lowest BCUT2D eigenvalue weighted by molar-refractivity contribution is 0.117. The number of nitrogens with two attached hydrogens (primary N) is 1. The molecular weight excluding hydrogens is 445 g/mol. The quantitative estimate of drug-likeness (QED) is 0.219. The van der Waals surface area contributed by atoms with E-state index in [0.717, 1.165) is 17.7 Å². The summed E-state index contributed by atoms with van der Waals surface area (Å²) in [6.45, 7) is -2.50. The summed E-state index contributed by atoms with van der Waals surface area (Å²) >= 11 is 4.43. The van der Waals surface area contributed by atoms with E-state index in [1.807, 2.05) is 12.1 Å². The molecule has 2 aromatic rings.